The Morgan fingerprint density at radius 2 is 0.656 bits per heavy atom. The highest BCUT2D eigenvalue weighted by Gasteiger charge is 2.49. The number of aromatic nitrogens is 3. The Bertz CT molecular complexity index is 3270. The van der Waals surface area contributed by atoms with Crippen LogP contribution >= 0.6 is 72.0 Å². The molecular formula is C69H87Cl6N9O9. The van der Waals surface area contributed by atoms with E-state index in [0.29, 0.717) is 104 Å². The molecule has 0 saturated heterocycles. The summed E-state index contributed by atoms with van der Waals surface area (Å²) in [6.45, 7) is 29.0. The summed E-state index contributed by atoms with van der Waals surface area (Å²) in [7, 11) is 0. The lowest BCUT2D eigenvalue weighted by Gasteiger charge is -2.40. The van der Waals surface area contributed by atoms with Crippen molar-refractivity contribution in [3.05, 3.63) is 124 Å². The molecule has 0 spiro atoms. The number of rotatable bonds is 18. The van der Waals surface area contributed by atoms with Gasteiger partial charge in [-0.05, 0) is 168 Å². The summed E-state index contributed by atoms with van der Waals surface area (Å²) in [6, 6.07) is 31.6. The van der Waals surface area contributed by atoms with Crippen LogP contribution in [0.5, 0.6) is 17.6 Å². The van der Waals surface area contributed by atoms with E-state index >= 15 is 0 Å². The lowest BCUT2D eigenvalue weighted by atomic mass is 9.91. The molecule has 18 nitrogen and oxygen atoms in total. The maximum Gasteiger partial charge on any atom is 0.275 e. The van der Waals surface area contributed by atoms with Crippen molar-refractivity contribution in [1.82, 2.24) is 15.0 Å². The first-order valence-electron chi connectivity index (χ1n) is 30.8. The minimum Gasteiger partial charge on any atom is -0.460 e. The van der Waals surface area contributed by atoms with Crippen LogP contribution in [0.1, 0.15) is 142 Å². The molecule has 24 heteroatoms. The third-order valence-corrected chi connectivity index (χ3v) is 16.4. The maximum absolute atomic E-state index is 13.5. The molecule has 3 N–H and O–H groups in total. The Labute approximate surface area is 580 Å². The Morgan fingerprint density at radius 1 is 0.419 bits per heavy atom. The van der Waals surface area contributed by atoms with Crippen LogP contribution in [0.2, 0.25) is 15.1 Å². The third-order valence-electron chi connectivity index (χ3n) is 15.7. The van der Waals surface area contributed by atoms with Crippen LogP contribution in [-0.2, 0) is 28.8 Å². The van der Waals surface area contributed by atoms with Crippen molar-refractivity contribution in [3.8, 4) is 17.6 Å². The van der Waals surface area contributed by atoms with Gasteiger partial charge in [-0.3, -0.25) is 43.5 Å². The van der Waals surface area contributed by atoms with E-state index in [4.69, 9.17) is 49.0 Å². The fraction of sp³-hybridized carbons (Fsp3) is 0.435. The molecule has 6 heterocycles. The van der Waals surface area contributed by atoms with Crippen LogP contribution in [0.3, 0.4) is 0 Å². The van der Waals surface area contributed by atoms with E-state index in [1.54, 1.807) is 126 Å². The summed E-state index contributed by atoms with van der Waals surface area (Å²) in [4.78, 5) is 95.8. The van der Waals surface area contributed by atoms with Crippen molar-refractivity contribution in [2.45, 2.75) is 159 Å². The number of pyridine rings is 3. The molecule has 3 aromatic heterocycles. The van der Waals surface area contributed by atoms with Gasteiger partial charge in [0.1, 0.15) is 34.5 Å². The molecule has 6 amide bonds. The number of hydrogen-bond acceptors (Lipinski definition) is 12. The Hall–Kier alpha value is -6.93. The predicted octanol–water partition coefficient (Wildman–Crippen LogP) is 18.0. The van der Waals surface area contributed by atoms with Crippen molar-refractivity contribution in [1.29, 1.82) is 0 Å². The van der Waals surface area contributed by atoms with E-state index in [-0.39, 0.29) is 108 Å². The molecule has 9 rings (SSSR count). The second-order valence-corrected chi connectivity index (χ2v) is 26.4. The van der Waals surface area contributed by atoms with Gasteiger partial charge < -0.3 is 30.2 Å². The molecule has 6 aromatic rings. The minimum atomic E-state index is -1.09. The first kappa shape index (κ1) is 78.5. The summed E-state index contributed by atoms with van der Waals surface area (Å²) >= 11 is 18.6. The number of benzene rings is 3. The molecule has 1 unspecified atom stereocenters. The average Bonchev–Trinajstić information content (AvgIpc) is 0.773. The molecular weight excluding hydrogens is 1310 g/mol. The highest BCUT2D eigenvalue weighted by molar-refractivity contribution is 6.32. The van der Waals surface area contributed by atoms with Gasteiger partial charge in [0.2, 0.25) is 35.4 Å². The van der Waals surface area contributed by atoms with Gasteiger partial charge in [-0.1, -0.05) is 136 Å². The molecule has 93 heavy (non-hydrogen) atoms. The SMILES string of the molecule is CC[C@@H](C)C(=O)Nc1ccc2c(n1)OC(C)(CC(C)C)C(=O)N2c1cccc(Cl)c1.CC[C@@H](C)C(=O)Nc1ccc2c(n1)O[C@@](C)(CC(C)C)C(=O)N2c1cccc(Cl)c1.CC[C@@H](C)C(=O)Nc1ccc2c(n1)O[C@](C)(CC(C)C)C(=O)N2c1cccc(Cl)c1.Cl.Cl.Cl. The molecule has 0 aliphatic carbocycles. The second kappa shape index (κ2) is 33.4. The van der Waals surface area contributed by atoms with E-state index < -0.39 is 16.8 Å². The van der Waals surface area contributed by atoms with E-state index in [1.807, 2.05) is 101 Å². The van der Waals surface area contributed by atoms with Crippen LogP contribution in [0.15, 0.2) is 109 Å². The smallest absolute Gasteiger partial charge is 0.275 e. The maximum atomic E-state index is 13.5. The standard InChI is InChI=1S/3C23H28ClN3O3.3ClH/c3*1-6-15(4)20(28)25-19-11-10-18-21(26-19)30-23(5,13-14(2)3)22(29)27(18)17-9-7-8-16(24)12-17;;;/h3*7-12,14-15H,6,13H2,1-5H3,(H,25,26,28);3*1H/t15-,23?;15-,23+;15-,23-;;;/m111.../s1. The lowest BCUT2D eigenvalue weighted by molar-refractivity contribution is -0.135. The van der Waals surface area contributed by atoms with Crippen molar-refractivity contribution in [3.63, 3.8) is 0 Å². The van der Waals surface area contributed by atoms with E-state index in [2.05, 4.69) is 30.9 Å². The van der Waals surface area contributed by atoms with Crippen LogP contribution in [0.4, 0.5) is 51.6 Å². The van der Waals surface area contributed by atoms with Gasteiger partial charge in [0.15, 0.2) is 16.8 Å². The van der Waals surface area contributed by atoms with Crippen LogP contribution in [0, 0.1) is 35.5 Å². The van der Waals surface area contributed by atoms with Crippen molar-refractivity contribution < 1.29 is 43.0 Å². The number of hydrogen-bond donors (Lipinski definition) is 3. The minimum absolute atomic E-state index is 0. The summed E-state index contributed by atoms with van der Waals surface area (Å²) in [5, 5.41) is 10.1. The topological polar surface area (TPSA) is 215 Å². The number of carbonyl (C=O) groups excluding carboxylic acids is 6. The van der Waals surface area contributed by atoms with E-state index in [1.165, 1.54) is 0 Å². The zero-order chi connectivity index (χ0) is 66.2. The summed E-state index contributed by atoms with van der Waals surface area (Å²) in [5.74, 6) is 1.58. The number of ether oxygens (including phenoxy) is 3. The summed E-state index contributed by atoms with van der Waals surface area (Å²) < 4.78 is 18.4. The molecule has 0 saturated carbocycles. The number of nitrogens with one attached hydrogen (secondary N) is 3. The summed E-state index contributed by atoms with van der Waals surface area (Å²) in [6.07, 6.45) is 3.76. The molecule has 504 valence electrons. The van der Waals surface area contributed by atoms with Crippen LogP contribution in [0.25, 0.3) is 0 Å². The highest BCUT2D eigenvalue weighted by atomic mass is 35.5. The van der Waals surface area contributed by atoms with Gasteiger partial charge in [-0.25, -0.2) is 0 Å². The number of fused-ring (bicyclic) bond motifs is 3. The first-order chi connectivity index (χ1) is 42.4. The Balaban J connectivity index is 0.000000293. The van der Waals surface area contributed by atoms with E-state index in [9.17, 15) is 28.8 Å². The van der Waals surface area contributed by atoms with Gasteiger partial charge in [0, 0.05) is 32.8 Å². The fourth-order valence-electron chi connectivity index (χ4n) is 10.7. The predicted molar refractivity (Wildman–Crippen MR) is 380 cm³/mol. The number of halogens is 6. The van der Waals surface area contributed by atoms with Gasteiger partial charge in [-0.2, -0.15) is 15.0 Å². The van der Waals surface area contributed by atoms with Gasteiger partial charge >= 0.3 is 0 Å². The monoisotopic (exact) mass is 1400 g/mol. The van der Waals surface area contributed by atoms with Crippen LogP contribution in [-0.4, -0.2) is 67.2 Å². The van der Waals surface area contributed by atoms with E-state index in [0.717, 1.165) is 19.3 Å². The number of amides is 6. The number of carbonyl (C=O) groups is 6. The third kappa shape index (κ3) is 18.9. The molecule has 6 atom stereocenters. The first-order valence-corrected chi connectivity index (χ1v) is 31.9. The number of anilines is 9. The van der Waals surface area contributed by atoms with Gasteiger partial charge in [0.25, 0.3) is 17.7 Å². The summed E-state index contributed by atoms with van der Waals surface area (Å²) in [5.41, 5.74) is 0.224. The van der Waals surface area contributed by atoms with Crippen molar-refractivity contribution in [2.24, 2.45) is 35.5 Å². The van der Waals surface area contributed by atoms with Crippen molar-refractivity contribution in [2.75, 3.05) is 30.7 Å². The molecule has 0 radical (unpaired) electrons. The van der Waals surface area contributed by atoms with Crippen molar-refractivity contribution >= 4 is 159 Å². The molecule has 3 aromatic carbocycles. The van der Waals surface area contributed by atoms with Gasteiger partial charge in [0.05, 0.1) is 17.1 Å². The quantitative estimate of drug-likeness (QED) is 0.0733. The average molecular weight is 1400 g/mol. The molecule has 0 fully saturated rings. The zero-order valence-corrected chi connectivity index (χ0v) is 60.0. The highest BCUT2D eigenvalue weighted by Crippen LogP contribution is 2.47. The number of nitrogens with zero attached hydrogens (tertiary/aromatic N) is 6. The normalized spacial score (nSPS) is 18.7. The largest absolute Gasteiger partial charge is 0.460 e. The Kier molecular flexibility index (Phi) is 28.2. The zero-order valence-electron chi connectivity index (χ0n) is 55.3. The molecule has 3 aliphatic rings. The van der Waals surface area contributed by atoms with Gasteiger partial charge in [-0.15, -0.1) is 37.2 Å². The second-order valence-electron chi connectivity index (χ2n) is 25.1. The fourth-order valence-corrected chi connectivity index (χ4v) is 11.2. The molecule has 0 bridgehead atoms. The molecule has 3 aliphatic heterocycles. The van der Waals surface area contributed by atoms with Crippen LogP contribution < -0.4 is 44.9 Å². The lowest BCUT2D eigenvalue weighted by Crippen LogP contribution is -2.53. The Morgan fingerprint density at radius 3 is 0.860 bits per heavy atom.